The summed E-state index contributed by atoms with van der Waals surface area (Å²) in [6.07, 6.45) is 0. The van der Waals surface area contributed by atoms with E-state index in [1.165, 1.54) is 0 Å². The first kappa shape index (κ1) is 13.9. The van der Waals surface area contributed by atoms with Crippen LogP contribution in [0.15, 0.2) is 30.3 Å². The van der Waals surface area contributed by atoms with Crippen LogP contribution in [-0.2, 0) is 9.53 Å². The normalized spacial score (nSPS) is 11.3. The highest BCUT2D eigenvalue weighted by Crippen LogP contribution is 2.12. The number of halogens is 1. The molecule has 4 nitrogen and oxygen atoms in total. The summed E-state index contributed by atoms with van der Waals surface area (Å²) in [6, 6.07) is 8.62. The number of ether oxygens (including phenoxy) is 1. The fourth-order valence-corrected chi connectivity index (χ4v) is 1.17. The molecule has 1 rings (SSSR count). The molecule has 1 aromatic carbocycles. The van der Waals surface area contributed by atoms with Crippen LogP contribution in [0.3, 0.4) is 0 Å². The van der Waals surface area contributed by atoms with Crippen molar-refractivity contribution in [2.24, 2.45) is 5.84 Å². The van der Waals surface area contributed by atoms with Crippen molar-refractivity contribution in [3.8, 4) is 0 Å². The summed E-state index contributed by atoms with van der Waals surface area (Å²) in [5.74, 6) is 4.93. The van der Waals surface area contributed by atoms with E-state index in [0.717, 1.165) is 5.56 Å². The highest BCUT2D eigenvalue weighted by molar-refractivity contribution is 5.85. The lowest BCUT2D eigenvalue weighted by atomic mass is 10.1. The largest absolute Gasteiger partial charge is 0.465 e. The van der Waals surface area contributed by atoms with Crippen molar-refractivity contribution in [2.75, 3.05) is 6.61 Å². The van der Waals surface area contributed by atoms with Crippen molar-refractivity contribution >= 4 is 18.4 Å². The van der Waals surface area contributed by atoms with E-state index in [0.29, 0.717) is 6.61 Å². The molecule has 5 heteroatoms. The molecule has 0 saturated carbocycles. The predicted octanol–water partition coefficient (Wildman–Crippen LogP) is 1.18. The number of rotatable bonds is 4. The zero-order valence-electron chi connectivity index (χ0n) is 8.47. The van der Waals surface area contributed by atoms with Gasteiger partial charge in [0.15, 0.2) is 0 Å². The number of nitrogens with two attached hydrogens (primary N) is 1. The van der Waals surface area contributed by atoms with E-state index in [1.807, 2.05) is 30.3 Å². The Hall–Kier alpha value is -1.10. The maximum atomic E-state index is 11.4. The third-order valence-corrected chi connectivity index (χ3v) is 1.82. The first-order chi connectivity index (χ1) is 6.79. The molecule has 0 aliphatic rings. The number of carbonyl (C=O) groups excluding carboxylic acids is 1. The van der Waals surface area contributed by atoms with Gasteiger partial charge in [0, 0.05) is 0 Å². The van der Waals surface area contributed by atoms with Crippen LogP contribution in [0, 0.1) is 0 Å². The van der Waals surface area contributed by atoms with Gasteiger partial charge < -0.3 is 4.74 Å². The molecule has 3 N–H and O–H groups in total. The van der Waals surface area contributed by atoms with Crippen molar-refractivity contribution in [2.45, 2.75) is 13.0 Å². The maximum Gasteiger partial charge on any atom is 0.329 e. The smallest absolute Gasteiger partial charge is 0.329 e. The van der Waals surface area contributed by atoms with Gasteiger partial charge in [0.2, 0.25) is 0 Å². The Balaban J connectivity index is 0.00000196. The quantitative estimate of drug-likeness (QED) is 0.463. The zero-order valence-corrected chi connectivity index (χ0v) is 9.29. The first-order valence-electron chi connectivity index (χ1n) is 4.47. The average Bonchev–Trinajstić information content (AvgIpc) is 2.21. The van der Waals surface area contributed by atoms with Crippen LogP contribution in [0.25, 0.3) is 0 Å². The minimum absolute atomic E-state index is 0. The molecule has 0 spiro atoms. The molecule has 0 heterocycles. The maximum absolute atomic E-state index is 11.4. The monoisotopic (exact) mass is 230 g/mol. The molecule has 0 saturated heterocycles. The van der Waals surface area contributed by atoms with E-state index in [2.05, 4.69) is 5.43 Å². The van der Waals surface area contributed by atoms with Gasteiger partial charge in [-0.15, -0.1) is 12.4 Å². The van der Waals surface area contributed by atoms with Gasteiger partial charge in [0.05, 0.1) is 6.61 Å². The zero-order chi connectivity index (χ0) is 10.4. The molecule has 0 amide bonds. The van der Waals surface area contributed by atoms with Crippen molar-refractivity contribution in [1.29, 1.82) is 0 Å². The summed E-state index contributed by atoms with van der Waals surface area (Å²) in [6.45, 7) is 2.11. The number of hydrogen-bond acceptors (Lipinski definition) is 4. The second-order valence-corrected chi connectivity index (χ2v) is 2.76. The summed E-state index contributed by atoms with van der Waals surface area (Å²) in [7, 11) is 0. The minimum Gasteiger partial charge on any atom is -0.465 e. The van der Waals surface area contributed by atoms with Crippen LogP contribution < -0.4 is 11.3 Å². The number of benzene rings is 1. The van der Waals surface area contributed by atoms with Gasteiger partial charge in [-0.1, -0.05) is 30.3 Å². The average molecular weight is 231 g/mol. The lowest BCUT2D eigenvalue weighted by Crippen LogP contribution is -2.35. The molecular formula is C10H15ClN2O2. The summed E-state index contributed by atoms with van der Waals surface area (Å²) in [5, 5.41) is 0. The van der Waals surface area contributed by atoms with Crippen LogP contribution in [-0.4, -0.2) is 12.6 Å². The Morgan fingerprint density at radius 2 is 2.07 bits per heavy atom. The SMILES string of the molecule is CCOC(=O)[C@@H](NN)c1ccccc1.Cl. The van der Waals surface area contributed by atoms with Crippen molar-refractivity contribution < 1.29 is 9.53 Å². The molecule has 0 bridgehead atoms. The van der Waals surface area contributed by atoms with Gasteiger partial charge in [-0.25, -0.2) is 10.2 Å². The second-order valence-electron chi connectivity index (χ2n) is 2.76. The van der Waals surface area contributed by atoms with E-state index < -0.39 is 6.04 Å². The molecule has 0 radical (unpaired) electrons. The van der Waals surface area contributed by atoms with E-state index in [1.54, 1.807) is 6.92 Å². The van der Waals surface area contributed by atoms with E-state index >= 15 is 0 Å². The van der Waals surface area contributed by atoms with Crippen LogP contribution in [0.4, 0.5) is 0 Å². The molecule has 0 aliphatic carbocycles. The predicted molar refractivity (Wildman–Crippen MR) is 60.4 cm³/mol. The highest BCUT2D eigenvalue weighted by Gasteiger charge is 2.19. The van der Waals surface area contributed by atoms with Crippen LogP contribution >= 0.6 is 12.4 Å². The summed E-state index contributed by atoms with van der Waals surface area (Å²) in [4.78, 5) is 11.4. The van der Waals surface area contributed by atoms with Gasteiger partial charge >= 0.3 is 5.97 Å². The van der Waals surface area contributed by atoms with Gasteiger partial charge in [-0.05, 0) is 12.5 Å². The fraction of sp³-hybridized carbons (Fsp3) is 0.300. The Morgan fingerprint density at radius 1 is 1.47 bits per heavy atom. The molecule has 0 unspecified atom stereocenters. The van der Waals surface area contributed by atoms with Crippen molar-refractivity contribution in [3.05, 3.63) is 35.9 Å². The Morgan fingerprint density at radius 3 is 2.53 bits per heavy atom. The van der Waals surface area contributed by atoms with Gasteiger partial charge in [-0.2, -0.15) is 0 Å². The van der Waals surface area contributed by atoms with Crippen molar-refractivity contribution in [3.63, 3.8) is 0 Å². The van der Waals surface area contributed by atoms with Crippen molar-refractivity contribution in [1.82, 2.24) is 5.43 Å². The highest BCUT2D eigenvalue weighted by atomic mass is 35.5. The fourth-order valence-electron chi connectivity index (χ4n) is 1.17. The lowest BCUT2D eigenvalue weighted by molar-refractivity contribution is -0.145. The number of hydrazine groups is 1. The van der Waals surface area contributed by atoms with Gasteiger partial charge in [0.1, 0.15) is 6.04 Å². The van der Waals surface area contributed by atoms with Crippen LogP contribution in [0.2, 0.25) is 0 Å². The Labute approximate surface area is 95.2 Å². The Kier molecular flexibility index (Phi) is 6.70. The molecule has 0 aromatic heterocycles. The van der Waals surface area contributed by atoms with Crippen LogP contribution in [0.1, 0.15) is 18.5 Å². The number of nitrogens with one attached hydrogen (secondary N) is 1. The minimum atomic E-state index is -0.587. The molecule has 0 fully saturated rings. The van der Waals surface area contributed by atoms with E-state index in [4.69, 9.17) is 10.6 Å². The number of hydrogen-bond donors (Lipinski definition) is 2. The van der Waals surface area contributed by atoms with E-state index in [9.17, 15) is 4.79 Å². The topological polar surface area (TPSA) is 64.3 Å². The number of esters is 1. The molecular weight excluding hydrogens is 216 g/mol. The summed E-state index contributed by atoms with van der Waals surface area (Å²) < 4.78 is 4.87. The molecule has 84 valence electrons. The lowest BCUT2D eigenvalue weighted by Gasteiger charge is -2.14. The molecule has 1 aromatic rings. The third-order valence-electron chi connectivity index (χ3n) is 1.82. The Bertz CT molecular complexity index is 293. The molecule has 1 atom stereocenters. The van der Waals surface area contributed by atoms with Gasteiger partial charge in [0.25, 0.3) is 0 Å². The van der Waals surface area contributed by atoms with Crippen LogP contribution in [0.5, 0.6) is 0 Å². The van der Waals surface area contributed by atoms with E-state index in [-0.39, 0.29) is 18.4 Å². The van der Waals surface area contributed by atoms with Gasteiger partial charge in [-0.3, -0.25) is 5.84 Å². The summed E-state index contributed by atoms with van der Waals surface area (Å²) in [5.41, 5.74) is 3.23. The molecule has 15 heavy (non-hydrogen) atoms. The third kappa shape index (κ3) is 3.87. The standard InChI is InChI=1S/C10H14N2O2.ClH/c1-2-14-10(13)9(12-11)8-6-4-3-5-7-8;/h3-7,9,12H,2,11H2,1H3;1H/t9-;/m0./s1. The first-order valence-corrected chi connectivity index (χ1v) is 4.47. The number of carbonyl (C=O) groups is 1. The summed E-state index contributed by atoms with van der Waals surface area (Å²) >= 11 is 0. The second kappa shape index (κ2) is 7.23. The molecule has 0 aliphatic heterocycles.